The van der Waals surface area contributed by atoms with Crippen LogP contribution in [-0.2, 0) is 0 Å². The molecule has 9 heavy (non-hydrogen) atoms. The topological polar surface area (TPSA) is 12.0 Å². The van der Waals surface area contributed by atoms with Crippen molar-refractivity contribution in [1.29, 1.82) is 0 Å². The molecule has 0 amide bonds. The largest absolute Gasteiger partial charge is 2.00 e. The van der Waals surface area contributed by atoms with E-state index in [-0.39, 0.29) is 47.9 Å². The van der Waals surface area contributed by atoms with Gasteiger partial charge in [0.15, 0.2) is 0 Å². The molecular formula is C5H13Cl2MgN. The van der Waals surface area contributed by atoms with Crippen LogP contribution in [0.4, 0.5) is 0 Å². The third-order valence-corrected chi connectivity index (χ3v) is 0.750. The van der Waals surface area contributed by atoms with Crippen molar-refractivity contribution >= 4 is 23.1 Å². The van der Waals surface area contributed by atoms with E-state index < -0.39 is 0 Å². The van der Waals surface area contributed by atoms with Crippen LogP contribution < -0.4 is 30.1 Å². The minimum atomic E-state index is 0. The van der Waals surface area contributed by atoms with E-state index in [9.17, 15) is 0 Å². The minimum absolute atomic E-state index is 0. The van der Waals surface area contributed by atoms with Gasteiger partial charge in [0.05, 0.1) is 0 Å². The van der Waals surface area contributed by atoms with Crippen molar-refractivity contribution in [3.05, 3.63) is 0 Å². The van der Waals surface area contributed by atoms with Gasteiger partial charge in [-0.15, -0.1) is 0 Å². The molecule has 0 heterocycles. The fourth-order valence-corrected chi connectivity index (χ4v) is 0. The van der Waals surface area contributed by atoms with Gasteiger partial charge in [-0.1, -0.05) is 0 Å². The number of rotatable bonds is 0. The van der Waals surface area contributed by atoms with Crippen LogP contribution in [0, 0.1) is 0 Å². The Morgan fingerprint density at radius 1 is 1.00 bits per heavy atom. The molecule has 0 aromatic rings. The first-order valence-corrected chi connectivity index (χ1v) is 2.25. The van der Waals surface area contributed by atoms with Gasteiger partial charge in [0, 0.05) is 5.54 Å². The van der Waals surface area contributed by atoms with Crippen LogP contribution in [0.3, 0.4) is 0 Å². The summed E-state index contributed by atoms with van der Waals surface area (Å²) in [4.78, 5) is 0. The first-order chi connectivity index (χ1) is 2.56. The average Bonchev–Trinajstić information content (AvgIpc) is 1.35. The molecular weight excluding hydrogens is 169 g/mol. The molecule has 0 aromatic carbocycles. The summed E-state index contributed by atoms with van der Waals surface area (Å²) in [5.74, 6) is 0. The van der Waals surface area contributed by atoms with Crippen LogP contribution in [0.2, 0.25) is 0 Å². The maximum atomic E-state index is 3.10. The maximum Gasteiger partial charge on any atom is 2.00 e. The van der Waals surface area contributed by atoms with E-state index >= 15 is 0 Å². The molecule has 0 rings (SSSR count). The second-order valence-electron chi connectivity index (χ2n) is 2.50. The summed E-state index contributed by atoms with van der Waals surface area (Å²) in [7, 11) is 1.96. The van der Waals surface area contributed by atoms with Crippen molar-refractivity contribution in [2.75, 3.05) is 7.05 Å². The Labute approximate surface area is 86.3 Å². The zero-order valence-electron chi connectivity index (χ0n) is 6.46. The van der Waals surface area contributed by atoms with Gasteiger partial charge in [0.1, 0.15) is 0 Å². The Hall–Kier alpha value is 1.31. The molecule has 0 aliphatic carbocycles. The van der Waals surface area contributed by atoms with E-state index in [1.165, 1.54) is 0 Å². The van der Waals surface area contributed by atoms with Gasteiger partial charge in [-0.3, -0.25) is 0 Å². The molecule has 1 nitrogen and oxygen atoms in total. The fourth-order valence-electron chi connectivity index (χ4n) is 0. The van der Waals surface area contributed by atoms with Crippen molar-refractivity contribution in [3.63, 3.8) is 0 Å². The van der Waals surface area contributed by atoms with E-state index in [2.05, 4.69) is 26.1 Å². The molecule has 54 valence electrons. The first kappa shape index (κ1) is 22.4. The Kier molecular flexibility index (Phi) is 23.2. The second-order valence-corrected chi connectivity index (χ2v) is 2.50. The van der Waals surface area contributed by atoms with E-state index in [0.29, 0.717) is 5.54 Å². The third-order valence-electron chi connectivity index (χ3n) is 0.750. The summed E-state index contributed by atoms with van der Waals surface area (Å²) in [5.41, 5.74) is 0.292. The summed E-state index contributed by atoms with van der Waals surface area (Å²) < 4.78 is 0. The van der Waals surface area contributed by atoms with E-state index in [1.54, 1.807) is 0 Å². The monoisotopic (exact) mass is 181 g/mol. The van der Waals surface area contributed by atoms with Gasteiger partial charge >= 0.3 is 23.1 Å². The molecule has 0 saturated carbocycles. The van der Waals surface area contributed by atoms with E-state index in [1.807, 2.05) is 7.05 Å². The van der Waals surface area contributed by atoms with Crippen molar-refractivity contribution in [1.82, 2.24) is 5.32 Å². The van der Waals surface area contributed by atoms with Crippen molar-refractivity contribution in [2.45, 2.75) is 26.3 Å². The first-order valence-electron chi connectivity index (χ1n) is 2.25. The SMILES string of the molecule is CNC(C)(C)C.[Cl-].[Cl-].[Mg+2]. The Morgan fingerprint density at radius 3 is 1.11 bits per heavy atom. The predicted molar refractivity (Wildman–Crippen MR) is 34.6 cm³/mol. The zero-order valence-corrected chi connectivity index (χ0v) is 9.39. The Balaban J connectivity index is -0.0000000417. The molecule has 0 radical (unpaired) electrons. The summed E-state index contributed by atoms with van der Waals surface area (Å²) in [6.45, 7) is 6.40. The van der Waals surface area contributed by atoms with Gasteiger partial charge in [-0.05, 0) is 27.8 Å². The molecule has 1 N–H and O–H groups in total. The van der Waals surface area contributed by atoms with Crippen LogP contribution in [-0.4, -0.2) is 35.6 Å². The van der Waals surface area contributed by atoms with Gasteiger partial charge in [-0.25, -0.2) is 0 Å². The van der Waals surface area contributed by atoms with E-state index in [4.69, 9.17) is 0 Å². The Bertz CT molecular complexity index is 44.7. The molecule has 0 unspecified atom stereocenters. The predicted octanol–water partition coefficient (Wildman–Crippen LogP) is -5.37. The number of nitrogens with one attached hydrogen (secondary N) is 1. The number of halogens is 2. The van der Waals surface area contributed by atoms with Crippen molar-refractivity contribution in [3.8, 4) is 0 Å². The third kappa shape index (κ3) is 26.8. The zero-order chi connectivity index (χ0) is 5.21. The maximum absolute atomic E-state index is 3.10. The number of hydrogen-bond acceptors (Lipinski definition) is 1. The minimum Gasteiger partial charge on any atom is -1.00 e. The molecule has 0 atom stereocenters. The summed E-state index contributed by atoms with van der Waals surface area (Å²) in [6.07, 6.45) is 0. The van der Waals surface area contributed by atoms with Gasteiger partial charge in [0.25, 0.3) is 0 Å². The van der Waals surface area contributed by atoms with Crippen LogP contribution in [0.5, 0.6) is 0 Å². The van der Waals surface area contributed by atoms with Gasteiger partial charge in [-0.2, -0.15) is 0 Å². The van der Waals surface area contributed by atoms with E-state index in [0.717, 1.165) is 0 Å². The summed E-state index contributed by atoms with van der Waals surface area (Å²) in [6, 6.07) is 0. The summed E-state index contributed by atoms with van der Waals surface area (Å²) in [5, 5.41) is 3.10. The Morgan fingerprint density at radius 2 is 1.11 bits per heavy atom. The molecule has 0 aliphatic rings. The molecule has 0 bridgehead atoms. The molecule has 0 fully saturated rings. The van der Waals surface area contributed by atoms with Gasteiger partial charge < -0.3 is 30.1 Å². The van der Waals surface area contributed by atoms with Gasteiger partial charge in [0.2, 0.25) is 0 Å². The molecule has 0 spiro atoms. The summed E-state index contributed by atoms with van der Waals surface area (Å²) >= 11 is 0. The van der Waals surface area contributed by atoms with Crippen LogP contribution >= 0.6 is 0 Å². The van der Waals surface area contributed by atoms with Crippen LogP contribution in [0.1, 0.15) is 20.8 Å². The van der Waals surface area contributed by atoms with Crippen molar-refractivity contribution in [2.24, 2.45) is 0 Å². The second kappa shape index (κ2) is 9.31. The standard InChI is InChI=1S/C5H13N.2ClH.Mg/c1-5(2,3)6-4;;;/h6H,1-4H3;2*1H;/q;;;+2/p-2. The fraction of sp³-hybridized carbons (Fsp3) is 1.00. The van der Waals surface area contributed by atoms with Crippen molar-refractivity contribution < 1.29 is 24.8 Å². The average molecular weight is 182 g/mol. The van der Waals surface area contributed by atoms with Crippen LogP contribution in [0.15, 0.2) is 0 Å². The molecule has 0 aromatic heterocycles. The normalized spacial score (nSPS) is 8.00. The smallest absolute Gasteiger partial charge is 1.00 e. The molecule has 0 saturated heterocycles. The molecule has 4 heteroatoms. The quantitative estimate of drug-likeness (QED) is 0.369. The number of hydrogen-bond donors (Lipinski definition) is 1. The molecule has 0 aliphatic heterocycles. The van der Waals surface area contributed by atoms with Crippen LogP contribution in [0.25, 0.3) is 0 Å².